The van der Waals surface area contributed by atoms with E-state index in [1.807, 2.05) is 37.4 Å². The Morgan fingerprint density at radius 2 is 0.903 bits per heavy atom. The van der Waals surface area contributed by atoms with Crippen molar-refractivity contribution in [2.24, 2.45) is 0 Å². The molecule has 8 aromatic rings. The van der Waals surface area contributed by atoms with E-state index in [9.17, 15) is 0 Å². The fourth-order valence-corrected chi connectivity index (χ4v) is 12.3. The number of para-hydroxylation sites is 3. The van der Waals surface area contributed by atoms with E-state index in [0.717, 1.165) is 22.7 Å². The Hall–Kier alpha value is -5.21. The Balaban J connectivity index is 0.000000266. The third-order valence-corrected chi connectivity index (χ3v) is 15.2. The van der Waals surface area contributed by atoms with Crippen molar-refractivity contribution < 1.29 is 38.1 Å². The number of ether oxygens (including phenoxy) is 1. The van der Waals surface area contributed by atoms with Crippen LogP contribution in [0.5, 0.6) is 11.5 Å². The van der Waals surface area contributed by atoms with Crippen LogP contribution < -0.4 is 41.9 Å². The molecule has 0 atom stereocenters. The zero-order valence-electron chi connectivity index (χ0n) is 34.9. The van der Waals surface area contributed by atoms with E-state index in [2.05, 4.69) is 201 Å². The molecule has 0 bridgehead atoms. The molecule has 1 heterocycles. The molecule has 315 valence electrons. The maximum Gasteiger partial charge on any atom is 0.139 e. The molecule has 9 heteroatoms. The van der Waals surface area contributed by atoms with Crippen LogP contribution in [0.1, 0.15) is 25.0 Å². The molecule has 0 amide bonds. The molecule has 0 saturated heterocycles. The van der Waals surface area contributed by atoms with Crippen molar-refractivity contribution in [2.45, 2.75) is 19.3 Å². The second-order valence-electron chi connectivity index (χ2n) is 14.8. The molecule has 0 fully saturated rings. The zero-order valence-corrected chi connectivity index (χ0v) is 39.0. The maximum atomic E-state index is 9.08. The normalized spacial score (nSPS) is 12.2. The zero-order chi connectivity index (χ0) is 42.8. The smallest absolute Gasteiger partial charge is 0.139 e. The second-order valence-corrected chi connectivity index (χ2v) is 20.6. The van der Waals surface area contributed by atoms with Crippen LogP contribution in [0, 0.1) is 6.07 Å². The van der Waals surface area contributed by atoms with Crippen LogP contribution >= 0.6 is 15.8 Å². The van der Waals surface area contributed by atoms with Gasteiger partial charge in [0.2, 0.25) is 0 Å². The quantitative estimate of drug-likeness (QED) is 0.0933. The van der Waals surface area contributed by atoms with E-state index in [0.29, 0.717) is 6.26 Å². The standard InChI is InChI=1S/C39H32OP2.C13H12N.CH4O3S.Pd/c1-39(2)33-25-15-27-35(41(29-17-7-3-8-18-29)30-19-9-4-10-20-30)37(33)40-38-34(39)26-16-28-36(38)42(31-21-11-5-12-22-31)32-23-13-6-14-24-32;1-14-13-10-6-5-9-12(13)11-7-3-2-4-8-11;1-5(2,3)4;/h3-28H,1-2H3;2-7,9-10,14H,1H3;1H3,(H,2,3,4);/p-1. The molecule has 9 rings (SSSR count). The summed E-state index contributed by atoms with van der Waals surface area (Å²) in [5.41, 5.74) is 5.71. The van der Waals surface area contributed by atoms with Crippen molar-refractivity contribution in [1.29, 1.82) is 0 Å². The first-order valence-electron chi connectivity index (χ1n) is 19.9. The van der Waals surface area contributed by atoms with E-state index >= 15 is 0 Å². The molecule has 5 nitrogen and oxygen atoms in total. The van der Waals surface area contributed by atoms with E-state index in [1.165, 1.54) is 48.5 Å². The van der Waals surface area contributed by atoms with Gasteiger partial charge in [-0.1, -0.05) is 214 Å². The van der Waals surface area contributed by atoms with E-state index in [1.54, 1.807) is 0 Å². The summed E-state index contributed by atoms with van der Waals surface area (Å²) < 4.78 is 34.5. The summed E-state index contributed by atoms with van der Waals surface area (Å²) in [7, 11) is -3.63. The maximum absolute atomic E-state index is 9.08. The topological polar surface area (TPSA) is 78.5 Å². The van der Waals surface area contributed by atoms with Crippen LogP contribution in [0.2, 0.25) is 0 Å². The van der Waals surface area contributed by atoms with Gasteiger partial charge >= 0.3 is 0 Å². The molecule has 1 radical (unpaired) electrons. The van der Waals surface area contributed by atoms with E-state index in [-0.39, 0.29) is 25.8 Å². The van der Waals surface area contributed by atoms with Crippen molar-refractivity contribution in [2.75, 3.05) is 18.6 Å². The molecule has 0 saturated carbocycles. The first-order chi connectivity index (χ1) is 29.5. The number of nitrogens with one attached hydrogen (secondary N) is 1. The molecule has 62 heavy (non-hydrogen) atoms. The van der Waals surface area contributed by atoms with Crippen LogP contribution in [-0.4, -0.2) is 26.3 Å². The first kappa shape index (κ1) is 46.3. The van der Waals surface area contributed by atoms with Gasteiger partial charge in [0.1, 0.15) is 11.5 Å². The molecule has 8 aromatic carbocycles. The Bertz CT molecular complexity index is 2560. The fourth-order valence-electron chi connectivity index (χ4n) is 7.51. The predicted molar refractivity (Wildman–Crippen MR) is 258 cm³/mol. The summed E-state index contributed by atoms with van der Waals surface area (Å²) in [6, 6.07) is 76.6. The monoisotopic (exact) mass is 961 g/mol. The molecule has 1 aliphatic heterocycles. The summed E-state index contributed by atoms with van der Waals surface area (Å²) in [6.45, 7) is 4.70. The van der Waals surface area contributed by atoms with Gasteiger partial charge in [0, 0.05) is 72.1 Å². The molecule has 0 aromatic heterocycles. The van der Waals surface area contributed by atoms with Crippen LogP contribution in [0.15, 0.2) is 206 Å². The van der Waals surface area contributed by atoms with Crippen LogP contribution in [0.4, 0.5) is 5.69 Å². The molecular formula is C53H47NO4P2PdS-. The van der Waals surface area contributed by atoms with E-state index in [4.69, 9.17) is 17.7 Å². The third-order valence-electron chi connectivity index (χ3n) is 10.3. The predicted octanol–water partition coefficient (Wildman–Crippen LogP) is 9.99. The van der Waals surface area contributed by atoms with Gasteiger partial charge in [0.25, 0.3) is 0 Å². The molecular weight excluding hydrogens is 915 g/mol. The summed E-state index contributed by atoms with van der Waals surface area (Å²) in [4.78, 5) is 0. The number of anilines is 1. The van der Waals surface area contributed by atoms with Gasteiger partial charge in [-0.25, -0.2) is 8.42 Å². The molecule has 1 N–H and O–H groups in total. The van der Waals surface area contributed by atoms with Gasteiger partial charge < -0.3 is 14.6 Å². The second kappa shape index (κ2) is 21.2. The van der Waals surface area contributed by atoms with Gasteiger partial charge in [-0.2, -0.15) is 0 Å². The summed E-state index contributed by atoms with van der Waals surface area (Å²) >= 11 is 0. The van der Waals surface area contributed by atoms with E-state index < -0.39 is 26.0 Å². The number of benzene rings is 8. The minimum absolute atomic E-state index is 0. The van der Waals surface area contributed by atoms with Crippen molar-refractivity contribution >= 4 is 63.5 Å². The third kappa shape index (κ3) is 11.0. The van der Waals surface area contributed by atoms with Crippen molar-refractivity contribution in [3.05, 3.63) is 223 Å². The fraction of sp³-hybridized carbons (Fsp3) is 0.0943. The van der Waals surface area contributed by atoms with Gasteiger partial charge in [-0.05, 0) is 54.8 Å². The number of hydrogen-bond acceptors (Lipinski definition) is 5. The van der Waals surface area contributed by atoms with Crippen LogP contribution in [0.25, 0.3) is 11.1 Å². The summed E-state index contributed by atoms with van der Waals surface area (Å²) in [5, 5.41) is 11.0. The SMILES string of the molecule is CC1(C)c2cccc(P(c3ccccc3)c3ccccc3)c2Oc2c(P(c3ccccc3)c3ccccc3)cccc21.CNc1ccccc1-c1[c]cccc1.CS(=O)(=O)[O-].[Pd]. The summed E-state index contributed by atoms with van der Waals surface area (Å²) in [6.07, 6.45) is 0.604. The van der Waals surface area contributed by atoms with Crippen LogP contribution in [-0.2, 0) is 36.0 Å². The van der Waals surface area contributed by atoms with Crippen molar-refractivity contribution in [3.63, 3.8) is 0 Å². The van der Waals surface area contributed by atoms with Crippen LogP contribution in [0.3, 0.4) is 0 Å². The Kier molecular flexibility index (Phi) is 15.9. The number of hydrogen-bond donors (Lipinski definition) is 1. The van der Waals surface area contributed by atoms with Crippen molar-refractivity contribution in [3.8, 4) is 22.6 Å². The molecule has 0 spiro atoms. The molecule has 0 aliphatic carbocycles. The average molecular weight is 962 g/mol. The van der Waals surface area contributed by atoms with Gasteiger partial charge in [0.15, 0.2) is 0 Å². The molecule has 0 unspecified atom stereocenters. The Morgan fingerprint density at radius 3 is 1.27 bits per heavy atom. The average Bonchev–Trinajstić information content (AvgIpc) is 3.28. The summed E-state index contributed by atoms with van der Waals surface area (Å²) in [5.74, 6) is 2.02. The number of fused-ring (bicyclic) bond motifs is 2. The van der Waals surface area contributed by atoms with Gasteiger partial charge in [-0.3, -0.25) is 0 Å². The largest absolute Gasteiger partial charge is 0.748 e. The first-order valence-corrected chi connectivity index (χ1v) is 24.4. The minimum atomic E-state index is -3.92. The van der Waals surface area contributed by atoms with Gasteiger partial charge in [-0.15, -0.1) is 0 Å². The van der Waals surface area contributed by atoms with Crippen molar-refractivity contribution in [1.82, 2.24) is 0 Å². The molecule has 1 aliphatic rings. The van der Waals surface area contributed by atoms with Gasteiger partial charge in [0.05, 0.1) is 10.1 Å². The minimum Gasteiger partial charge on any atom is -0.748 e. The Morgan fingerprint density at radius 1 is 0.532 bits per heavy atom. The number of rotatable bonds is 8. The Labute approximate surface area is 383 Å².